The summed E-state index contributed by atoms with van der Waals surface area (Å²) in [5.74, 6) is 0. The molecule has 1 N–H and O–H groups in total. The van der Waals surface area contributed by atoms with Crippen LogP contribution in [0.3, 0.4) is 0 Å². The lowest BCUT2D eigenvalue weighted by atomic mass is 10.2. The van der Waals surface area contributed by atoms with Crippen molar-refractivity contribution in [1.82, 2.24) is 24.2 Å². The number of nitrogens with one attached hydrogen (secondary N) is 1. The van der Waals surface area contributed by atoms with Crippen LogP contribution in [0.25, 0.3) is 22.8 Å². The van der Waals surface area contributed by atoms with Crippen molar-refractivity contribution >= 4 is 16.1 Å². The van der Waals surface area contributed by atoms with Gasteiger partial charge in [0.1, 0.15) is 15.8 Å². The number of carbonyl (C=O) groups is 1. The van der Waals surface area contributed by atoms with E-state index in [9.17, 15) is 35.7 Å². The number of quaternary nitrogens is 1. The highest BCUT2D eigenvalue weighted by molar-refractivity contribution is 7.85. The first kappa shape index (κ1) is 37.3. The van der Waals surface area contributed by atoms with Crippen LogP contribution in [-0.4, -0.2) is 76.6 Å². The minimum Gasteiger partial charge on any atom is -0.744 e. The van der Waals surface area contributed by atoms with Crippen molar-refractivity contribution in [2.24, 2.45) is 0 Å². The molecule has 12 nitrogen and oxygen atoms in total. The summed E-state index contributed by atoms with van der Waals surface area (Å²) < 4.78 is 75.5. The summed E-state index contributed by atoms with van der Waals surface area (Å²) >= 11 is 0. The molecule has 1 amide bonds. The molecule has 0 radical (unpaired) electrons. The molecule has 0 atom stereocenters. The van der Waals surface area contributed by atoms with Crippen molar-refractivity contribution < 1.29 is 35.4 Å². The van der Waals surface area contributed by atoms with Crippen LogP contribution in [0.4, 0.5) is 18.0 Å². The Balaban J connectivity index is 0.000000482. The molecule has 262 valence electrons. The Morgan fingerprint density at radius 1 is 0.980 bits per heavy atom. The predicted octanol–water partition coefficient (Wildman–Crippen LogP) is 4.94. The quantitative estimate of drug-likeness (QED) is 0.136. The normalized spacial score (nSPS) is 11.7. The average Bonchev–Trinajstić information content (AvgIpc) is 3.64. The number of hydrogen-bond acceptors (Lipinski definition) is 7. The van der Waals surface area contributed by atoms with Crippen molar-refractivity contribution in [2.75, 3.05) is 34.2 Å². The van der Waals surface area contributed by atoms with E-state index in [1.54, 1.807) is 43.3 Å². The first-order chi connectivity index (χ1) is 23.4. The summed E-state index contributed by atoms with van der Waals surface area (Å²) in [6.07, 6.45) is -2.48. The van der Waals surface area contributed by atoms with Crippen LogP contribution in [0.2, 0.25) is 0 Å². The van der Waals surface area contributed by atoms with Gasteiger partial charge in [-0.3, -0.25) is 4.57 Å². The molecule has 5 aromatic rings. The minimum atomic E-state index is -4.62. The summed E-state index contributed by atoms with van der Waals surface area (Å²) in [5.41, 5.74) is 0.0318. The van der Waals surface area contributed by atoms with Gasteiger partial charge in [-0.25, -0.2) is 27.3 Å². The Bertz CT molecular complexity index is 2180. The number of aromatic nitrogens is 4. The first-order valence-corrected chi connectivity index (χ1v) is 16.5. The molecule has 0 bridgehead atoms. The van der Waals surface area contributed by atoms with E-state index in [1.165, 1.54) is 47.3 Å². The molecule has 2 aromatic heterocycles. The van der Waals surface area contributed by atoms with Crippen LogP contribution in [0.5, 0.6) is 0 Å². The number of amides is 1. The van der Waals surface area contributed by atoms with Gasteiger partial charge in [0.25, 0.3) is 0 Å². The van der Waals surface area contributed by atoms with E-state index in [0.717, 1.165) is 27.8 Å². The number of hydrogen-bond donors (Lipinski definition) is 1. The molecule has 0 aliphatic rings. The maximum absolute atomic E-state index is 13.7. The molecule has 5 rings (SSSR count). The van der Waals surface area contributed by atoms with Gasteiger partial charge in [-0.1, -0.05) is 24.3 Å². The third-order valence-electron chi connectivity index (χ3n) is 7.36. The Hall–Kier alpha value is -5.50. The van der Waals surface area contributed by atoms with E-state index >= 15 is 0 Å². The zero-order chi connectivity index (χ0) is 36.9. The molecule has 0 spiro atoms. The molecule has 0 aliphatic heterocycles. The number of halogens is 3. The zero-order valence-corrected chi connectivity index (χ0v) is 28.4. The fraction of sp³-hybridized carbons (Fsp3) is 0.235. The van der Waals surface area contributed by atoms with E-state index in [4.69, 9.17) is 5.26 Å². The van der Waals surface area contributed by atoms with Gasteiger partial charge in [-0.2, -0.15) is 23.5 Å². The van der Waals surface area contributed by atoms with Gasteiger partial charge < -0.3 is 14.4 Å². The van der Waals surface area contributed by atoms with Gasteiger partial charge in [-0.15, -0.1) is 0 Å². The number of nitrogens with zero attached hydrogens (tertiary/aromatic N) is 6. The molecule has 16 heteroatoms. The van der Waals surface area contributed by atoms with E-state index < -0.39 is 33.6 Å². The van der Waals surface area contributed by atoms with Crippen LogP contribution >= 0.6 is 0 Å². The molecule has 0 aliphatic carbocycles. The second-order valence-electron chi connectivity index (χ2n) is 12.1. The first-order valence-electron chi connectivity index (χ1n) is 15.1. The fourth-order valence-electron chi connectivity index (χ4n) is 5.00. The summed E-state index contributed by atoms with van der Waals surface area (Å²) in [7, 11) is 1.81. The minimum absolute atomic E-state index is 0.0282. The number of carbonyl (C=O) groups excluding carboxylic acids is 1. The fourth-order valence-corrected chi connectivity index (χ4v) is 5.49. The highest BCUT2D eigenvalue weighted by Crippen LogP contribution is 2.32. The molecule has 0 unspecified atom stereocenters. The van der Waals surface area contributed by atoms with Crippen molar-refractivity contribution in [2.45, 2.75) is 24.4 Å². The largest absolute Gasteiger partial charge is 0.744 e. The Morgan fingerprint density at radius 3 is 2.20 bits per heavy atom. The van der Waals surface area contributed by atoms with Crippen molar-refractivity contribution in [3.63, 3.8) is 0 Å². The van der Waals surface area contributed by atoms with Gasteiger partial charge in [0.05, 0.1) is 78.7 Å². The number of imidazole rings is 1. The maximum atomic E-state index is 13.7. The van der Waals surface area contributed by atoms with Gasteiger partial charge in [0.15, 0.2) is 0 Å². The molecular weight excluding hydrogens is 675 g/mol. The van der Waals surface area contributed by atoms with E-state index in [0.29, 0.717) is 34.4 Å². The lowest BCUT2D eigenvalue weighted by molar-refractivity contribution is -0.870. The highest BCUT2D eigenvalue weighted by atomic mass is 32.2. The Morgan fingerprint density at radius 2 is 1.64 bits per heavy atom. The maximum Gasteiger partial charge on any atom is 0.416 e. The van der Waals surface area contributed by atoms with Crippen LogP contribution in [-0.2, 0) is 16.3 Å². The summed E-state index contributed by atoms with van der Waals surface area (Å²) in [5, 5.41) is 16.3. The summed E-state index contributed by atoms with van der Waals surface area (Å²) in [6.45, 7) is 2.63. The standard InChI is InChI=1S/C28H28F3N7O2.C6H6O3S/c1-19-25(24-13-15-34-37(24)22-11-9-20(18-32)10-12-22)36(26(39)33-14-6-16-38(2,3)4)27(40)35(19)23-8-5-7-21(17-23)28(29,30)31;7-10(8,9)6-4-2-1-3-5-6/h5,7-13,15,17H,6,14,16H2,1-4H3;1-5H,(H,7,8,9). The molecule has 2 heterocycles. The third kappa shape index (κ3) is 8.94. The Labute approximate surface area is 286 Å². The molecule has 50 heavy (non-hydrogen) atoms. The van der Waals surface area contributed by atoms with E-state index in [-0.39, 0.29) is 22.0 Å². The second-order valence-corrected chi connectivity index (χ2v) is 13.5. The number of alkyl halides is 3. The summed E-state index contributed by atoms with van der Waals surface area (Å²) in [6, 6.07) is 21.1. The lowest BCUT2D eigenvalue weighted by Crippen LogP contribution is -2.40. The SMILES string of the molecule is Cc1c(-c2ccnn2-c2ccc(C#N)cc2)n(C(=O)NCCC[N+](C)(C)C)c(=O)n1-c1cccc(C(F)(F)F)c1.O=S(=O)([O-])c1ccccc1. The lowest BCUT2D eigenvalue weighted by Gasteiger charge is -2.23. The molecule has 3 aromatic carbocycles. The highest BCUT2D eigenvalue weighted by Gasteiger charge is 2.32. The van der Waals surface area contributed by atoms with Crippen molar-refractivity contribution in [3.8, 4) is 28.8 Å². The number of benzene rings is 3. The molecular formula is C34H34F3N7O5S. The van der Waals surface area contributed by atoms with E-state index in [2.05, 4.69) is 10.4 Å². The van der Waals surface area contributed by atoms with Crippen LogP contribution < -0.4 is 11.0 Å². The van der Waals surface area contributed by atoms with E-state index in [1.807, 2.05) is 27.2 Å². The van der Waals surface area contributed by atoms with Crippen LogP contribution in [0, 0.1) is 18.3 Å². The van der Waals surface area contributed by atoms with Crippen molar-refractivity contribution in [3.05, 3.63) is 118 Å². The number of nitriles is 1. The number of rotatable bonds is 8. The summed E-state index contributed by atoms with van der Waals surface area (Å²) in [4.78, 5) is 27.0. The van der Waals surface area contributed by atoms with Gasteiger partial charge in [0, 0.05) is 13.0 Å². The predicted molar refractivity (Wildman–Crippen MR) is 178 cm³/mol. The van der Waals surface area contributed by atoms with Gasteiger partial charge >= 0.3 is 17.9 Å². The average molecular weight is 710 g/mol. The molecule has 0 saturated heterocycles. The third-order valence-corrected chi connectivity index (χ3v) is 8.21. The molecule has 0 saturated carbocycles. The smallest absolute Gasteiger partial charge is 0.416 e. The van der Waals surface area contributed by atoms with Gasteiger partial charge in [-0.05, 0) is 67.6 Å². The monoisotopic (exact) mass is 709 g/mol. The van der Waals surface area contributed by atoms with Crippen LogP contribution in [0.15, 0.2) is 101 Å². The van der Waals surface area contributed by atoms with Crippen LogP contribution in [0.1, 0.15) is 23.2 Å². The second kappa shape index (κ2) is 14.9. The van der Waals surface area contributed by atoms with Gasteiger partial charge in [0.2, 0.25) is 0 Å². The Kier molecular flexibility index (Phi) is 11.2. The topological polar surface area (TPSA) is 155 Å². The zero-order valence-electron chi connectivity index (χ0n) is 27.5. The van der Waals surface area contributed by atoms with Crippen molar-refractivity contribution in [1.29, 1.82) is 5.26 Å². The molecule has 0 fully saturated rings.